The molecule has 9 heteroatoms. The Morgan fingerprint density at radius 3 is 2.97 bits per heavy atom. The number of fused-ring (bicyclic) bond motifs is 1. The highest BCUT2D eigenvalue weighted by atomic mass is 127. The number of nitrogens with one attached hydrogen (secondary N) is 2. The van der Waals surface area contributed by atoms with Crippen molar-refractivity contribution < 1.29 is 9.13 Å². The molecule has 1 unspecified atom stereocenters. The maximum Gasteiger partial charge on any atom is 0.170 e. The number of hydrogen-bond donors (Lipinski definition) is 2. The van der Waals surface area contributed by atoms with Crippen LogP contribution in [0.15, 0.2) is 36.7 Å². The highest BCUT2D eigenvalue weighted by molar-refractivity contribution is 14.1. The van der Waals surface area contributed by atoms with Gasteiger partial charge in [0.05, 0.1) is 15.8 Å². The molecule has 3 heterocycles. The first-order chi connectivity index (χ1) is 14.1. The molecule has 1 saturated heterocycles. The smallest absolute Gasteiger partial charge is 0.170 e. The summed E-state index contributed by atoms with van der Waals surface area (Å²) in [7, 11) is 0. The summed E-state index contributed by atoms with van der Waals surface area (Å²) in [6, 6.07) is 6.36. The largest absolute Gasteiger partial charge is 0.492 e. The molecule has 29 heavy (non-hydrogen) atoms. The molecule has 3 aromatic rings. The van der Waals surface area contributed by atoms with E-state index in [0.29, 0.717) is 18.2 Å². The summed E-state index contributed by atoms with van der Waals surface area (Å²) >= 11 is 2.21. The van der Waals surface area contributed by atoms with Crippen molar-refractivity contribution in [1.82, 2.24) is 24.8 Å². The van der Waals surface area contributed by atoms with Gasteiger partial charge in [-0.1, -0.05) is 0 Å². The van der Waals surface area contributed by atoms with Crippen LogP contribution in [0.3, 0.4) is 0 Å². The van der Waals surface area contributed by atoms with Crippen LogP contribution in [0.25, 0.3) is 5.65 Å². The molecule has 154 valence electrons. The third-order valence-corrected chi connectivity index (χ3v) is 5.76. The molecule has 1 atom stereocenters. The van der Waals surface area contributed by atoms with E-state index in [1.54, 1.807) is 16.8 Å². The van der Waals surface area contributed by atoms with E-state index in [0.717, 1.165) is 47.5 Å². The van der Waals surface area contributed by atoms with Crippen LogP contribution >= 0.6 is 22.6 Å². The van der Waals surface area contributed by atoms with E-state index in [9.17, 15) is 4.39 Å². The minimum atomic E-state index is -0.281. The van der Waals surface area contributed by atoms with Gasteiger partial charge in [0, 0.05) is 44.5 Å². The molecule has 0 bridgehead atoms. The zero-order chi connectivity index (χ0) is 20.2. The molecule has 2 aromatic heterocycles. The van der Waals surface area contributed by atoms with Crippen LogP contribution in [0.5, 0.6) is 5.75 Å². The molecule has 1 aliphatic rings. The maximum atomic E-state index is 14.0. The molecule has 0 spiro atoms. The van der Waals surface area contributed by atoms with E-state index in [1.165, 1.54) is 12.1 Å². The van der Waals surface area contributed by atoms with Crippen LogP contribution in [-0.4, -0.2) is 58.8 Å². The predicted molar refractivity (Wildman–Crippen MR) is 119 cm³/mol. The van der Waals surface area contributed by atoms with Gasteiger partial charge in [0.25, 0.3) is 0 Å². The SMILES string of the molecule is CC(Nc1ccn2ncc(I)c2n1)c1cc(F)ccc1OCCN1CCNCC1. The van der Waals surface area contributed by atoms with Crippen LogP contribution < -0.4 is 15.4 Å². The molecular formula is C20H24FIN6O. The van der Waals surface area contributed by atoms with Crippen molar-refractivity contribution in [3.05, 3.63) is 51.6 Å². The molecule has 0 aliphatic carbocycles. The standard InChI is InChI=1S/C20H24FIN6O/c1-14(25-19-4-7-28-20(26-19)17(22)13-24-28)16-12-15(21)2-3-18(16)29-11-10-27-8-5-23-6-9-27/h2-4,7,12-14,23H,5-6,8-11H2,1H3,(H,25,26). The van der Waals surface area contributed by atoms with E-state index >= 15 is 0 Å². The zero-order valence-electron chi connectivity index (χ0n) is 16.2. The van der Waals surface area contributed by atoms with Gasteiger partial charge in [-0.3, -0.25) is 4.90 Å². The fraction of sp³-hybridized carbons (Fsp3) is 0.400. The number of halogens is 2. The van der Waals surface area contributed by atoms with Gasteiger partial charge in [-0.25, -0.2) is 13.9 Å². The Labute approximate surface area is 182 Å². The van der Waals surface area contributed by atoms with Crippen molar-refractivity contribution in [2.45, 2.75) is 13.0 Å². The molecule has 0 amide bonds. The van der Waals surface area contributed by atoms with Gasteiger partial charge in [0.1, 0.15) is 24.0 Å². The topological polar surface area (TPSA) is 66.7 Å². The minimum absolute atomic E-state index is 0.171. The summed E-state index contributed by atoms with van der Waals surface area (Å²) in [5.74, 6) is 1.12. The second kappa shape index (κ2) is 9.23. The molecule has 2 N–H and O–H groups in total. The summed E-state index contributed by atoms with van der Waals surface area (Å²) in [5, 5.41) is 10.9. The Morgan fingerprint density at radius 2 is 2.14 bits per heavy atom. The third-order valence-electron chi connectivity index (χ3n) is 5.00. The van der Waals surface area contributed by atoms with Crippen molar-refractivity contribution >= 4 is 34.1 Å². The van der Waals surface area contributed by atoms with Crippen molar-refractivity contribution in [2.24, 2.45) is 0 Å². The number of anilines is 1. The van der Waals surface area contributed by atoms with Gasteiger partial charge in [-0.2, -0.15) is 5.10 Å². The van der Waals surface area contributed by atoms with E-state index in [1.807, 2.05) is 19.2 Å². The molecule has 1 aromatic carbocycles. The molecule has 1 aliphatic heterocycles. The first-order valence-corrected chi connectivity index (χ1v) is 10.8. The van der Waals surface area contributed by atoms with Crippen LogP contribution in [0, 0.1) is 9.39 Å². The Kier molecular flexibility index (Phi) is 6.46. The second-order valence-corrected chi connectivity index (χ2v) is 8.22. The Balaban J connectivity index is 1.45. The molecule has 0 saturated carbocycles. The summed E-state index contributed by atoms with van der Waals surface area (Å²) in [4.78, 5) is 6.98. The second-order valence-electron chi connectivity index (χ2n) is 7.06. The van der Waals surface area contributed by atoms with Crippen LogP contribution in [-0.2, 0) is 0 Å². The number of piperazine rings is 1. The molecular weight excluding hydrogens is 486 g/mol. The lowest BCUT2D eigenvalue weighted by atomic mass is 10.1. The average molecular weight is 510 g/mol. The van der Waals surface area contributed by atoms with E-state index in [2.05, 4.69) is 48.2 Å². The number of benzene rings is 1. The van der Waals surface area contributed by atoms with E-state index < -0.39 is 0 Å². The predicted octanol–water partition coefficient (Wildman–Crippen LogP) is 2.93. The lowest BCUT2D eigenvalue weighted by molar-refractivity contribution is 0.190. The number of nitrogens with zero attached hydrogens (tertiary/aromatic N) is 4. The summed E-state index contributed by atoms with van der Waals surface area (Å²) in [6.45, 7) is 7.48. The number of ether oxygens (including phenoxy) is 1. The monoisotopic (exact) mass is 510 g/mol. The first kappa shape index (κ1) is 20.3. The van der Waals surface area contributed by atoms with Crippen LogP contribution in [0.2, 0.25) is 0 Å². The van der Waals surface area contributed by atoms with Gasteiger partial charge in [-0.15, -0.1) is 0 Å². The highest BCUT2D eigenvalue weighted by Crippen LogP contribution is 2.28. The molecule has 4 rings (SSSR count). The van der Waals surface area contributed by atoms with Gasteiger partial charge in [-0.05, 0) is 53.8 Å². The van der Waals surface area contributed by atoms with E-state index in [-0.39, 0.29) is 11.9 Å². The normalized spacial score (nSPS) is 16.1. The summed E-state index contributed by atoms with van der Waals surface area (Å²) < 4.78 is 22.7. The Bertz CT molecular complexity index is 975. The Morgan fingerprint density at radius 1 is 1.31 bits per heavy atom. The average Bonchev–Trinajstić information content (AvgIpc) is 3.10. The van der Waals surface area contributed by atoms with Crippen LogP contribution in [0.4, 0.5) is 10.2 Å². The fourth-order valence-corrected chi connectivity index (χ4v) is 3.92. The molecule has 0 radical (unpaired) electrons. The number of hydrogen-bond acceptors (Lipinski definition) is 6. The minimum Gasteiger partial charge on any atom is -0.492 e. The Hall–Kier alpha value is -1.98. The lowest BCUT2D eigenvalue weighted by Crippen LogP contribution is -2.44. The summed E-state index contributed by atoms with van der Waals surface area (Å²) in [5.41, 5.74) is 1.56. The quantitative estimate of drug-likeness (QED) is 0.477. The zero-order valence-corrected chi connectivity index (χ0v) is 18.4. The van der Waals surface area contributed by atoms with Crippen LogP contribution in [0.1, 0.15) is 18.5 Å². The van der Waals surface area contributed by atoms with Crippen molar-refractivity contribution in [1.29, 1.82) is 0 Å². The van der Waals surface area contributed by atoms with Gasteiger partial charge in [0.2, 0.25) is 0 Å². The fourth-order valence-electron chi connectivity index (χ4n) is 3.43. The van der Waals surface area contributed by atoms with Gasteiger partial charge < -0.3 is 15.4 Å². The van der Waals surface area contributed by atoms with Gasteiger partial charge >= 0.3 is 0 Å². The lowest BCUT2D eigenvalue weighted by Gasteiger charge is -2.27. The molecule has 1 fully saturated rings. The molecule has 7 nitrogen and oxygen atoms in total. The number of rotatable bonds is 7. The maximum absolute atomic E-state index is 14.0. The van der Waals surface area contributed by atoms with Crippen molar-refractivity contribution in [3.63, 3.8) is 0 Å². The number of aromatic nitrogens is 3. The highest BCUT2D eigenvalue weighted by Gasteiger charge is 2.16. The van der Waals surface area contributed by atoms with Crippen molar-refractivity contribution in [2.75, 3.05) is 44.6 Å². The summed E-state index contributed by atoms with van der Waals surface area (Å²) in [6.07, 6.45) is 3.63. The van der Waals surface area contributed by atoms with E-state index in [4.69, 9.17) is 4.74 Å². The van der Waals surface area contributed by atoms with Crippen molar-refractivity contribution in [3.8, 4) is 5.75 Å². The third kappa shape index (κ3) is 4.96. The van der Waals surface area contributed by atoms with Gasteiger partial charge in [0.15, 0.2) is 5.65 Å². The first-order valence-electron chi connectivity index (χ1n) is 9.72.